The standard InChI is InChI=1S/C16H18N2O/c1-16(2)7-8-18(11-16)15-13(10-19)9-12-5-3-4-6-14(12)17-15/h3-6,9-10H,7-8,11H2,1-2H3. The van der Waals surface area contributed by atoms with E-state index < -0.39 is 0 Å². The molecule has 0 spiro atoms. The van der Waals surface area contributed by atoms with Crippen molar-refractivity contribution in [1.82, 2.24) is 4.98 Å². The Hall–Kier alpha value is -1.90. The van der Waals surface area contributed by atoms with E-state index in [1.54, 1.807) is 0 Å². The SMILES string of the molecule is CC1(C)CCN(c2nc3ccccc3cc2C=O)C1. The monoisotopic (exact) mass is 254 g/mol. The van der Waals surface area contributed by atoms with Gasteiger partial charge in [-0.3, -0.25) is 4.79 Å². The lowest BCUT2D eigenvalue weighted by molar-refractivity contribution is 0.112. The second-order valence-electron chi connectivity index (χ2n) is 6.05. The molecule has 1 aromatic heterocycles. The Kier molecular flexibility index (Phi) is 2.77. The number of nitrogens with zero attached hydrogens (tertiary/aromatic N) is 2. The first kappa shape index (κ1) is 12.2. The van der Waals surface area contributed by atoms with Gasteiger partial charge in [-0.25, -0.2) is 4.98 Å². The molecule has 98 valence electrons. The summed E-state index contributed by atoms with van der Waals surface area (Å²) >= 11 is 0. The van der Waals surface area contributed by atoms with Crippen molar-refractivity contribution in [1.29, 1.82) is 0 Å². The van der Waals surface area contributed by atoms with Crippen molar-refractivity contribution in [3.05, 3.63) is 35.9 Å². The van der Waals surface area contributed by atoms with Gasteiger partial charge in [0.15, 0.2) is 6.29 Å². The van der Waals surface area contributed by atoms with Crippen LogP contribution in [-0.2, 0) is 0 Å². The Morgan fingerprint density at radius 2 is 2.11 bits per heavy atom. The minimum atomic E-state index is 0.299. The van der Waals surface area contributed by atoms with E-state index in [0.29, 0.717) is 11.0 Å². The molecule has 0 amide bonds. The van der Waals surface area contributed by atoms with Gasteiger partial charge in [-0.2, -0.15) is 0 Å². The molecular weight excluding hydrogens is 236 g/mol. The van der Waals surface area contributed by atoms with Crippen molar-refractivity contribution >= 4 is 23.0 Å². The van der Waals surface area contributed by atoms with Gasteiger partial charge in [0, 0.05) is 18.5 Å². The molecule has 3 heteroatoms. The fourth-order valence-electron chi connectivity index (χ4n) is 2.76. The van der Waals surface area contributed by atoms with Crippen LogP contribution in [0, 0.1) is 5.41 Å². The molecule has 3 nitrogen and oxygen atoms in total. The van der Waals surface area contributed by atoms with E-state index in [4.69, 9.17) is 0 Å². The average molecular weight is 254 g/mol. The summed E-state index contributed by atoms with van der Waals surface area (Å²) in [5.74, 6) is 0.833. The van der Waals surface area contributed by atoms with Gasteiger partial charge in [-0.1, -0.05) is 32.0 Å². The fraction of sp³-hybridized carbons (Fsp3) is 0.375. The predicted molar refractivity (Wildman–Crippen MR) is 77.7 cm³/mol. The van der Waals surface area contributed by atoms with Crippen LogP contribution in [0.2, 0.25) is 0 Å². The minimum absolute atomic E-state index is 0.299. The zero-order valence-electron chi connectivity index (χ0n) is 11.4. The number of fused-ring (bicyclic) bond motifs is 1. The molecule has 0 unspecified atom stereocenters. The van der Waals surface area contributed by atoms with Crippen LogP contribution in [0.1, 0.15) is 30.6 Å². The number of hydrogen-bond donors (Lipinski definition) is 0. The molecule has 1 saturated heterocycles. The Morgan fingerprint density at radius 3 is 2.79 bits per heavy atom. The first-order valence-electron chi connectivity index (χ1n) is 6.69. The molecule has 0 radical (unpaired) electrons. The highest BCUT2D eigenvalue weighted by Gasteiger charge is 2.31. The van der Waals surface area contributed by atoms with Crippen molar-refractivity contribution in [2.45, 2.75) is 20.3 Å². The average Bonchev–Trinajstić information content (AvgIpc) is 2.77. The summed E-state index contributed by atoms with van der Waals surface area (Å²) in [5.41, 5.74) is 1.94. The van der Waals surface area contributed by atoms with Crippen molar-refractivity contribution in [2.24, 2.45) is 5.41 Å². The first-order valence-corrected chi connectivity index (χ1v) is 6.69. The molecule has 1 fully saturated rings. The van der Waals surface area contributed by atoms with Crippen molar-refractivity contribution < 1.29 is 4.79 Å². The Bertz CT molecular complexity index is 634. The van der Waals surface area contributed by atoms with Gasteiger partial charge in [-0.05, 0) is 24.0 Å². The maximum Gasteiger partial charge on any atom is 0.153 e. The Morgan fingerprint density at radius 1 is 1.32 bits per heavy atom. The highest BCUT2D eigenvalue weighted by atomic mass is 16.1. The van der Waals surface area contributed by atoms with Crippen molar-refractivity contribution in [3.8, 4) is 0 Å². The molecule has 0 bridgehead atoms. The fourth-order valence-corrected chi connectivity index (χ4v) is 2.76. The molecular formula is C16H18N2O. The van der Waals surface area contributed by atoms with Crippen LogP contribution in [0.5, 0.6) is 0 Å². The van der Waals surface area contributed by atoms with E-state index in [9.17, 15) is 4.79 Å². The summed E-state index contributed by atoms with van der Waals surface area (Å²) in [6.45, 7) is 6.45. The lowest BCUT2D eigenvalue weighted by Gasteiger charge is -2.22. The summed E-state index contributed by atoms with van der Waals surface area (Å²) in [5, 5.41) is 1.02. The highest BCUT2D eigenvalue weighted by Crippen LogP contribution is 2.33. The van der Waals surface area contributed by atoms with Gasteiger partial charge in [-0.15, -0.1) is 0 Å². The number of pyridine rings is 1. The number of anilines is 1. The number of carbonyl (C=O) groups is 1. The summed E-state index contributed by atoms with van der Waals surface area (Å²) in [4.78, 5) is 18.2. The van der Waals surface area contributed by atoms with E-state index in [-0.39, 0.29) is 0 Å². The smallest absolute Gasteiger partial charge is 0.153 e. The number of rotatable bonds is 2. The lowest BCUT2D eigenvalue weighted by Crippen LogP contribution is -2.24. The molecule has 0 N–H and O–H groups in total. The number of carbonyl (C=O) groups excluding carboxylic acids is 1. The molecule has 2 aromatic rings. The quantitative estimate of drug-likeness (QED) is 0.771. The molecule has 2 heterocycles. The lowest BCUT2D eigenvalue weighted by atomic mass is 9.93. The molecule has 1 aliphatic rings. The molecule has 19 heavy (non-hydrogen) atoms. The zero-order chi connectivity index (χ0) is 13.5. The van der Waals surface area contributed by atoms with Gasteiger partial charge < -0.3 is 4.90 Å². The molecule has 1 aromatic carbocycles. The zero-order valence-corrected chi connectivity index (χ0v) is 11.4. The number of aromatic nitrogens is 1. The largest absolute Gasteiger partial charge is 0.355 e. The van der Waals surface area contributed by atoms with Crippen molar-refractivity contribution in [2.75, 3.05) is 18.0 Å². The number of hydrogen-bond acceptors (Lipinski definition) is 3. The third kappa shape index (κ3) is 2.21. The topological polar surface area (TPSA) is 33.2 Å². The normalized spacial score (nSPS) is 17.9. The van der Waals surface area contributed by atoms with E-state index in [1.165, 1.54) is 0 Å². The van der Waals surface area contributed by atoms with Crippen LogP contribution in [0.25, 0.3) is 10.9 Å². The van der Waals surface area contributed by atoms with Crippen LogP contribution in [0.4, 0.5) is 5.82 Å². The van der Waals surface area contributed by atoms with E-state index in [0.717, 1.165) is 42.5 Å². The first-order chi connectivity index (χ1) is 9.09. The molecule has 3 rings (SSSR count). The summed E-state index contributed by atoms with van der Waals surface area (Å²) in [7, 11) is 0. The van der Waals surface area contributed by atoms with Crippen LogP contribution in [0.3, 0.4) is 0 Å². The number of aldehydes is 1. The van der Waals surface area contributed by atoms with Gasteiger partial charge in [0.25, 0.3) is 0 Å². The van der Waals surface area contributed by atoms with Gasteiger partial charge in [0.2, 0.25) is 0 Å². The van der Waals surface area contributed by atoms with Gasteiger partial charge in [0.1, 0.15) is 5.82 Å². The van der Waals surface area contributed by atoms with Crippen LogP contribution in [0.15, 0.2) is 30.3 Å². The number of benzene rings is 1. The van der Waals surface area contributed by atoms with Gasteiger partial charge >= 0.3 is 0 Å². The third-order valence-electron chi connectivity index (χ3n) is 3.84. The van der Waals surface area contributed by atoms with Crippen molar-refractivity contribution in [3.63, 3.8) is 0 Å². The van der Waals surface area contributed by atoms with Gasteiger partial charge in [0.05, 0.1) is 11.1 Å². The second-order valence-corrected chi connectivity index (χ2v) is 6.05. The summed E-state index contributed by atoms with van der Waals surface area (Å²) in [6.07, 6.45) is 2.06. The van der Waals surface area contributed by atoms with E-state index >= 15 is 0 Å². The van der Waals surface area contributed by atoms with Crippen LogP contribution in [-0.4, -0.2) is 24.4 Å². The Balaban J connectivity index is 2.09. The van der Waals surface area contributed by atoms with Crippen LogP contribution >= 0.6 is 0 Å². The maximum absolute atomic E-state index is 11.3. The summed E-state index contributed by atoms with van der Waals surface area (Å²) < 4.78 is 0. The molecule has 1 aliphatic heterocycles. The van der Waals surface area contributed by atoms with E-state index in [2.05, 4.69) is 23.7 Å². The minimum Gasteiger partial charge on any atom is -0.355 e. The van der Waals surface area contributed by atoms with Crippen LogP contribution < -0.4 is 4.90 Å². The highest BCUT2D eigenvalue weighted by molar-refractivity contribution is 5.91. The predicted octanol–water partition coefficient (Wildman–Crippen LogP) is 3.28. The molecule has 0 aliphatic carbocycles. The molecule has 0 atom stereocenters. The maximum atomic E-state index is 11.3. The number of para-hydroxylation sites is 1. The Labute approximate surface area is 113 Å². The summed E-state index contributed by atoms with van der Waals surface area (Å²) in [6, 6.07) is 9.88. The molecule has 0 saturated carbocycles. The third-order valence-corrected chi connectivity index (χ3v) is 3.84. The second kappa shape index (κ2) is 4.34. The van der Waals surface area contributed by atoms with E-state index in [1.807, 2.05) is 30.3 Å².